The van der Waals surface area contributed by atoms with Gasteiger partial charge in [-0.15, -0.1) is 0 Å². The lowest BCUT2D eigenvalue weighted by molar-refractivity contribution is -0.131. The normalized spacial score (nSPS) is 23.5. The van der Waals surface area contributed by atoms with E-state index in [9.17, 15) is 4.79 Å². The second-order valence-electron chi connectivity index (χ2n) is 5.13. The summed E-state index contributed by atoms with van der Waals surface area (Å²) in [6.45, 7) is 7.32. The summed E-state index contributed by atoms with van der Waals surface area (Å²) in [6.07, 6.45) is 2.83. The number of nitrogens with zero attached hydrogens (tertiary/aromatic N) is 3. The Morgan fingerprint density at radius 3 is 2.85 bits per heavy atom. The molecule has 1 aromatic heterocycles. The van der Waals surface area contributed by atoms with Gasteiger partial charge in [0.25, 0.3) is 0 Å². The molecule has 1 aliphatic heterocycles. The number of anilines is 1. The first kappa shape index (κ1) is 15.0. The second-order valence-corrected chi connectivity index (χ2v) is 6.61. The highest BCUT2D eigenvalue weighted by atomic mass is 32.2. The van der Waals surface area contributed by atoms with Gasteiger partial charge >= 0.3 is 5.97 Å². The summed E-state index contributed by atoms with van der Waals surface area (Å²) < 4.78 is 1.86. The summed E-state index contributed by atoms with van der Waals surface area (Å²) in [5, 5.41) is 13.8. The molecular weight excluding hydrogens is 274 g/mol. The average molecular weight is 295 g/mol. The molecule has 0 radical (unpaired) electrons. The van der Waals surface area contributed by atoms with Crippen LogP contribution in [0.25, 0.3) is 6.08 Å². The van der Waals surface area contributed by atoms with Crippen molar-refractivity contribution in [1.82, 2.24) is 9.78 Å². The third-order valence-electron chi connectivity index (χ3n) is 3.79. The Balaban J connectivity index is 2.42. The monoisotopic (exact) mass is 295 g/mol. The van der Waals surface area contributed by atoms with Gasteiger partial charge in [-0.05, 0) is 19.9 Å². The van der Waals surface area contributed by atoms with Gasteiger partial charge in [0.1, 0.15) is 5.82 Å². The van der Waals surface area contributed by atoms with Crippen LogP contribution < -0.4 is 4.90 Å². The van der Waals surface area contributed by atoms with Crippen molar-refractivity contribution in [2.24, 2.45) is 7.05 Å². The molecule has 1 aromatic rings. The molecule has 0 amide bonds. The van der Waals surface area contributed by atoms with Crippen molar-refractivity contribution in [3.8, 4) is 0 Å². The zero-order chi connectivity index (χ0) is 14.9. The van der Waals surface area contributed by atoms with Crippen molar-refractivity contribution < 1.29 is 9.90 Å². The van der Waals surface area contributed by atoms with Crippen molar-refractivity contribution in [3.63, 3.8) is 0 Å². The Kier molecular flexibility index (Phi) is 4.42. The highest BCUT2D eigenvalue weighted by Crippen LogP contribution is 2.32. The fourth-order valence-corrected chi connectivity index (χ4v) is 3.68. The van der Waals surface area contributed by atoms with E-state index in [2.05, 4.69) is 23.8 Å². The van der Waals surface area contributed by atoms with E-state index in [0.717, 1.165) is 29.4 Å². The average Bonchev–Trinajstić information content (AvgIpc) is 2.65. The lowest BCUT2D eigenvalue weighted by atomic mass is 10.1. The molecule has 1 aliphatic rings. The minimum absolute atomic E-state index is 0.403. The van der Waals surface area contributed by atoms with E-state index in [1.54, 1.807) is 6.08 Å². The van der Waals surface area contributed by atoms with Crippen LogP contribution in [0.5, 0.6) is 0 Å². The molecule has 2 atom stereocenters. The number of hydrogen-bond acceptors (Lipinski definition) is 4. The fraction of sp³-hybridized carbons (Fsp3) is 0.571. The molecule has 0 saturated carbocycles. The largest absolute Gasteiger partial charge is 0.478 e. The number of aliphatic carboxylic acids is 1. The smallest absolute Gasteiger partial charge is 0.328 e. The van der Waals surface area contributed by atoms with E-state index < -0.39 is 5.97 Å². The van der Waals surface area contributed by atoms with E-state index in [1.165, 1.54) is 6.08 Å². The molecule has 2 heterocycles. The van der Waals surface area contributed by atoms with Crippen LogP contribution in [0.2, 0.25) is 0 Å². The quantitative estimate of drug-likeness (QED) is 0.866. The third-order valence-corrected chi connectivity index (χ3v) is 5.12. The first-order chi connectivity index (χ1) is 9.41. The Bertz CT molecular complexity index is 539. The van der Waals surface area contributed by atoms with Crippen LogP contribution in [-0.2, 0) is 11.8 Å². The van der Waals surface area contributed by atoms with Gasteiger partial charge in [-0.3, -0.25) is 4.68 Å². The van der Waals surface area contributed by atoms with Gasteiger partial charge in [0.15, 0.2) is 0 Å². The molecule has 0 aromatic carbocycles. The number of carboxylic acid groups (broad SMARTS) is 1. The molecule has 20 heavy (non-hydrogen) atoms. The van der Waals surface area contributed by atoms with Gasteiger partial charge in [-0.1, -0.05) is 6.92 Å². The topological polar surface area (TPSA) is 58.4 Å². The molecule has 1 fully saturated rings. The van der Waals surface area contributed by atoms with Crippen molar-refractivity contribution in [2.75, 3.05) is 17.2 Å². The first-order valence-electron chi connectivity index (χ1n) is 6.74. The van der Waals surface area contributed by atoms with E-state index in [-0.39, 0.29) is 0 Å². The number of rotatable bonds is 3. The van der Waals surface area contributed by atoms with Gasteiger partial charge in [-0.25, -0.2) is 4.79 Å². The SMILES string of the molecule is Cc1nn(C)c(N2CCSC(C)C2C)c1/C=C/C(=O)O. The molecular formula is C14H21N3O2S. The van der Waals surface area contributed by atoms with E-state index >= 15 is 0 Å². The van der Waals surface area contributed by atoms with Crippen LogP contribution >= 0.6 is 11.8 Å². The van der Waals surface area contributed by atoms with Gasteiger partial charge < -0.3 is 10.0 Å². The highest BCUT2D eigenvalue weighted by Gasteiger charge is 2.29. The molecule has 6 heteroatoms. The molecule has 5 nitrogen and oxygen atoms in total. The summed E-state index contributed by atoms with van der Waals surface area (Å²) in [5.74, 6) is 1.16. The zero-order valence-electron chi connectivity index (χ0n) is 12.3. The van der Waals surface area contributed by atoms with Crippen LogP contribution in [0.4, 0.5) is 5.82 Å². The van der Waals surface area contributed by atoms with Crippen LogP contribution in [-0.4, -0.2) is 44.4 Å². The lowest BCUT2D eigenvalue weighted by Crippen LogP contribution is -2.45. The summed E-state index contributed by atoms with van der Waals surface area (Å²) in [5.41, 5.74) is 1.76. The molecule has 2 rings (SSSR count). The molecule has 0 aliphatic carbocycles. The van der Waals surface area contributed by atoms with Crippen molar-refractivity contribution >= 4 is 29.6 Å². The van der Waals surface area contributed by atoms with Crippen LogP contribution in [0.3, 0.4) is 0 Å². The van der Waals surface area contributed by atoms with Gasteiger partial charge in [-0.2, -0.15) is 16.9 Å². The summed E-state index contributed by atoms with van der Waals surface area (Å²) in [7, 11) is 1.92. The number of thioether (sulfide) groups is 1. The van der Waals surface area contributed by atoms with Gasteiger partial charge in [0.2, 0.25) is 0 Å². The Morgan fingerprint density at radius 1 is 1.50 bits per heavy atom. The van der Waals surface area contributed by atoms with Crippen LogP contribution in [0.1, 0.15) is 25.1 Å². The second kappa shape index (κ2) is 5.91. The summed E-state index contributed by atoms with van der Waals surface area (Å²) >= 11 is 1.98. The maximum atomic E-state index is 10.8. The molecule has 2 unspecified atom stereocenters. The number of carbonyl (C=O) groups is 1. The maximum Gasteiger partial charge on any atom is 0.328 e. The van der Waals surface area contributed by atoms with E-state index in [0.29, 0.717) is 11.3 Å². The number of carboxylic acids is 1. The molecule has 110 valence electrons. The summed E-state index contributed by atoms with van der Waals surface area (Å²) in [6, 6.07) is 0.403. The standard InChI is InChI=1S/C14H21N3O2S/c1-9-12(5-6-13(18)19)14(16(4)15-9)17-7-8-20-11(3)10(17)2/h5-6,10-11H,7-8H2,1-4H3,(H,18,19)/b6-5+. The highest BCUT2D eigenvalue weighted by molar-refractivity contribution is 8.00. The van der Waals surface area contributed by atoms with Crippen molar-refractivity contribution in [2.45, 2.75) is 32.1 Å². The Morgan fingerprint density at radius 2 is 2.20 bits per heavy atom. The molecule has 0 bridgehead atoms. The predicted octanol–water partition coefficient (Wildman–Crippen LogP) is 2.16. The zero-order valence-corrected chi connectivity index (χ0v) is 13.1. The fourth-order valence-electron chi connectivity index (χ4n) is 2.58. The summed E-state index contributed by atoms with van der Waals surface area (Å²) in [4.78, 5) is 13.1. The minimum atomic E-state index is -0.935. The number of aromatic nitrogens is 2. The molecule has 1 saturated heterocycles. The van der Waals surface area contributed by atoms with Crippen molar-refractivity contribution in [3.05, 3.63) is 17.3 Å². The first-order valence-corrected chi connectivity index (χ1v) is 7.79. The Hall–Kier alpha value is -1.43. The lowest BCUT2D eigenvalue weighted by Gasteiger charge is -2.39. The molecule has 0 spiro atoms. The minimum Gasteiger partial charge on any atom is -0.478 e. The van der Waals surface area contributed by atoms with E-state index in [4.69, 9.17) is 5.11 Å². The third kappa shape index (κ3) is 2.85. The Labute approximate surface area is 123 Å². The van der Waals surface area contributed by atoms with Gasteiger partial charge in [0.05, 0.1) is 5.69 Å². The van der Waals surface area contributed by atoms with E-state index in [1.807, 2.05) is 30.4 Å². The molecule has 1 N–H and O–H groups in total. The maximum absolute atomic E-state index is 10.8. The van der Waals surface area contributed by atoms with Gasteiger partial charge in [0, 0.05) is 42.3 Å². The number of hydrogen-bond donors (Lipinski definition) is 1. The van der Waals surface area contributed by atoms with Crippen LogP contribution in [0, 0.1) is 6.92 Å². The van der Waals surface area contributed by atoms with Crippen LogP contribution in [0.15, 0.2) is 6.08 Å². The predicted molar refractivity (Wildman–Crippen MR) is 83.3 cm³/mol. The van der Waals surface area contributed by atoms with Crippen molar-refractivity contribution in [1.29, 1.82) is 0 Å². The number of aryl methyl sites for hydroxylation is 2.